The Kier molecular flexibility index (Phi) is 4.84. The van der Waals surface area contributed by atoms with Crippen molar-refractivity contribution in [3.63, 3.8) is 0 Å². The molecule has 0 aromatic heterocycles. The Bertz CT molecular complexity index is 480. The number of imide groups is 1. The number of rotatable bonds is 5. The molecule has 2 atom stereocenters. The van der Waals surface area contributed by atoms with Gasteiger partial charge in [-0.3, -0.25) is 19.4 Å². The van der Waals surface area contributed by atoms with Gasteiger partial charge in [-0.25, -0.2) is 4.79 Å². The highest BCUT2D eigenvalue weighted by Gasteiger charge is 2.39. The Labute approximate surface area is 137 Å². The van der Waals surface area contributed by atoms with Gasteiger partial charge < -0.3 is 10.2 Å². The van der Waals surface area contributed by atoms with E-state index in [0.717, 1.165) is 38.8 Å². The lowest BCUT2D eigenvalue weighted by Gasteiger charge is -2.35. The summed E-state index contributed by atoms with van der Waals surface area (Å²) in [6, 6.07) is 0.385. The minimum absolute atomic E-state index is 0.115. The van der Waals surface area contributed by atoms with Crippen LogP contribution in [0.25, 0.3) is 0 Å². The number of carbonyl (C=O) groups excluding carboxylic acids is 3. The van der Waals surface area contributed by atoms with Crippen LogP contribution in [0.2, 0.25) is 0 Å². The predicted octanol–water partition coefficient (Wildman–Crippen LogP) is 0.404. The van der Waals surface area contributed by atoms with E-state index in [-0.39, 0.29) is 24.4 Å². The summed E-state index contributed by atoms with van der Waals surface area (Å²) in [6.07, 6.45) is 4.92. The summed E-state index contributed by atoms with van der Waals surface area (Å²) in [5.41, 5.74) is 0. The maximum atomic E-state index is 12.1. The molecular formula is C16H26N4O3. The van der Waals surface area contributed by atoms with Crippen molar-refractivity contribution in [3.8, 4) is 0 Å². The van der Waals surface area contributed by atoms with Gasteiger partial charge in [0.15, 0.2) is 0 Å². The van der Waals surface area contributed by atoms with E-state index in [4.69, 9.17) is 0 Å². The molecular weight excluding hydrogens is 296 g/mol. The fourth-order valence-electron chi connectivity index (χ4n) is 4.18. The van der Waals surface area contributed by atoms with Crippen molar-refractivity contribution in [3.05, 3.63) is 0 Å². The zero-order valence-electron chi connectivity index (χ0n) is 13.8. The molecule has 1 N–H and O–H groups in total. The maximum absolute atomic E-state index is 12.1. The Morgan fingerprint density at radius 1 is 1.13 bits per heavy atom. The first-order valence-corrected chi connectivity index (χ1v) is 8.73. The normalized spacial score (nSPS) is 28.7. The molecule has 0 aromatic rings. The standard InChI is InChI=1S/C16H26N4O3/c1-2-14(21)19-8-4-6-13(19)12-5-3-7-18(12)9-10-20-15(22)11-17-16(20)23/h12-13H,2-11H2,1H3,(H,17,23)/t12-,13+/m1/s1. The zero-order chi connectivity index (χ0) is 16.4. The van der Waals surface area contributed by atoms with E-state index >= 15 is 0 Å². The molecule has 0 bridgehead atoms. The van der Waals surface area contributed by atoms with Gasteiger partial charge in [0.25, 0.3) is 0 Å². The molecule has 3 heterocycles. The summed E-state index contributed by atoms with van der Waals surface area (Å²) in [6.45, 7) is 5.03. The summed E-state index contributed by atoms with van der Waals surface area (Å²) in [4.78, 5) is 41.2. The highest BCUT2D eigenvalue weighted by Crippen LogP contribution is 2.30. The summed E-state index contributed by atoms with van der Waals surface area (Å²) in [7, 11) is 0. The fraction of sp³-hybridized carbons (Fsp3) is 0.812. The van der Waals surface area contributed by atoms with Gasteiger partial charge in [-0.2, -0.15) is 0 Å². The van der Waals surface area contributed by atoms with Crippen LogP contribution in [-0.2, 0) is 9.59 Å². The minimum Gasteiger partial charge on any atom is -0.338 e. The van der Waals surface area contributed by atoms with Crippen LogP contribution in [0.3, 0.4) is 0 Å². The van der Waals surface area contributed by atoms with Gasteiger partial charge in [0.2, 0.25) is 11.8 Å². The lowest BCUT2D eigenvalue weighted by Crippen LogP contribution is -2.50. The van der Waals surface area contributed by atoms with Crippen molar-refractivity contribution in [2.45, 2.75) is 51.1 Å². The number of nitrogens with one attached hydrogen (secondary N) is 1. The van der Waals surface area contributed by atoms with Crippen LogP contribution in [-0.4, -0.2) is 77.4 Å². The molecule has 7 nitrogen and oxygen atoms in total. The lowest BCUT2D eigenvalue weighted by atomic mass is 10.0. The molecule has 3 fully saturated rings. The highest BCUT2D eigenvalue weighted by molar-refractivity contribution is 6.01. The van der Waals surface area contributed by atoms with E-state index in [9.17, 15) is 14.4 Å². The third kappa shape index (κ3) is 3.20. The van der Waals surface area contributed by atoms with Gasteiger partial charge in [-0.1, -0.05) is 6.92 Å². The van der Waals surface area contributed by atoms with Gasteiger partial charge in [0.1, 0.15) is 0 Å². The van der Waals surface area contributed by atoms with E-state index in [0.29, 0.717) is 31.6 Å². The minimum atomic E-state index is -0.283. The van der Waals surface area contributed by atoms with E-state index in [1.165, 1.54) is 4.90 Å². The quantitative estimate of drug-likeness (QED) is 0.744. The molecule has 3 saturated heterocycles. The smallest absolute Gasteiger partial charge is 0.324 e. The molecule has 7 heteroatoms. The summed E-state index contributed by atoms with van der Waals surface area (Å²) < 4.78 is 0. The number of hydrogen-bond acceptors (Lipinski definition) is 4. The Morgan fingerprint density at radius 2 is 1.87 bits per heavy atom. The second-order valence-corrected chi connectivity index (χ2v) is 6.60. The zero-order valence-corrected chi connectivity index (χ0v) is 13.8. The predicted molar refractivity (Wildman–Crippen MR) is 84.7 cm³/mol. The number of amides is 4. The van der Waals surface area contributed by atoms with Crippen LogP contribution in [0.5, 0.6) is 0 Å². The molecule has 4 amide bonds. The van der Waals surface area contributed by atoms with E-state index in [2.05, 4.69) is 15.1 Å². The fourth-order valence-corrected chi connectivity index (χ4v) is 4.18. The second kappa shape index (κ2) is 6.86. The van der Waals surface area contributed by atoms with Gasteiger partial charge in [-0.05, 0) is 32.2 Å². The molecule has 128 valence electrons. The first kappa shape index (κ1) is 16.2. The molecule has 0 unspecified atom stereocenters. The van der Waals surface area contributed by atoms with E-state index in [1.54, 1.807) is 0 Å². The van der Waals surface area contributed by atoms with Crippen molar-refractivity contribution < 1.29 is 14.4 Å². The third-order valence-electron chi connectivity index (χ3n) is 5.33. The van der Waals surface area contributed by atoms with Gasteiger partial charge in [0, 0.05) is 38.1 Å². The van der Waals surface area contributed by atoms with Crippen LogP contribution in [0.1, 0.15) is 39.0 Å². The monoisotopic (exact) mass is 322 g/mol. The van der Waals surface area contributed by atoms with Crippen molar-refractivity contribution in [1.29, 1.82) is 0 Å². The van der Waals surface area contributed by atoms with Gasteiger partial charge in [-0.15, -0.1) is 0 Å². The SMILES string of the molecule is CCC(=O)N1CCC[C@H]1[C@H]1CCCN1CCN1C(=O)CNC1=O. The number of hydrogen-bond donors (Lipinski definition) is 1. The van der Waals surface area contributed by atoms with Gasteiger partial charge >= 0.3 is 6.03 Å². The van der Waals surface area contributed by atoms with Crippen LogP contribution in [0.4, 0.5) is 4.79 Å². The van der Waals surface area contributed by atoms with E-state index in [1.807, 2.05) is 6.92 Å². The molecule has 0 aromatic carbocycles. The first-order valence-electron chi connectivity index (χ1n) is 8.73. The van der Waals surface area contributed by atoms with Crippen molar-refractivity contribution in [2.24, 2.45) is 0 Å². The Morgan fingerprint density at radius 3 is 2.57 bits per heavy atom. The van der Waals surface area contributed by atoms with Crippen LogP contribution in [0, 0.1) is 0 Å². The van der Waals surface area contributed by atoms with Crippen molar-refractivity contribution in [1.82, 2.24) is 20.0 Å². The van der Waals surface area contributed by atoms with Crippen LogP contribution >= 0.6 is 0 Å². The molecule has 0 aliphatic carbocycles. The molecule has 23 heavy (non-hydrogen) atoms. The Hall–Kier alpha value is -1.63. The Balaban J connectivity index is 1.60. The molecule has 0 radical (unpaired) electrons. The lowest BCUT2D eigenvalue weighted by molar-refractivity contribution is -0.132. The second-order valence-electron chi connectivity index (χ2n) is 6.60. The first-order chi connectivity index (χ1) is 11.1. The maximum Gasteiger partial charge on any atom is 0.324 e. The molecule has 0 saturated carbocycles. The van der Waals surface area contributed by atoms with Crippen LogP contribution < -0.4 is 5.32 Å². The summed E-state index contributed by atoms with van der Waals surface area (Å²) in [5, 5.41) is 2.56. The number of likely N-dealkylation sites (tertiary alicyclic amines) is 2. The molecule has 3 rings (SSSR count). The number of nitrogens with zero attached hydrogens (tertiary/aromatic N) is 3. The van der Waals surface area contributed by atoms with E-state index < -0.39 is 0 Å². The largest absolute Gasteiger partial charge is 0.338 e. The summed E-state index contributed by atoms with van der Waals surface area (Å²) in [5.74, 6) is 0.0999. The molecule has 3 aliphatic heterocycles. The summed E-state index contributed by atoms with van der Waals surface area (Å²) >= 11 is 0. The molecule has 0 spiro atoms. The molecule has 3 aliphatic rings. The van der Waals surface area contributed by atoms with Crippen molar-refractivity contribution >= 4 is 17.8 Å². The van der Waals surface area contributed by atoms with Crippen molar-refractivity contribution in [2.75, 3.05) is 32.7 Å². The van der Waals surface area contributed by atoms with Gasteiger partial charge in [0.05, 0.1) is 6.54 Å². The average molecular weight is 322 g/mol. The van der Waals surface area contributed by atoms with Crippen LogP contribution in [0.15, 0.2) is 0 Å². The number of urea groups is 1. The third-order valence-corrected chi connectivity index (χ3v) is 5.33. The highest BCUT2D eigenvalue weighted by atomic mass is 16.2. The number of carbonyl (C=O) groups is 3. The topological polar surface area (TPSA) is 73.0 Å². The average Bonchev–Trinajstić information content (AvgIpc) is 3.25.